The van der Waals surface area contributed by atoms with E-state index in [9.17, 15) is 9.59 Å². The zero-order valence-electron chi connectivity index (χ0n) is 16.8. The minimum Gasteiger partial charge on any atom is -0.348 e. The molecule has 150 valence electrons. The quantitative estimate of drug-likeness (QED) is 0.538. The zero-order chi connectivity index (χ0) is 20.9. The number of hydrogen-bond donors (Lipinski definition) is 1. The smallest absolute Gasteiger partial charge is 0.271 e. The van der Waals surface area contributed by atoms with Gasteiger partial charge in [-0.1, -0.05) is 72.8 Å². The number of rotatable bonds is 6. The van der Waals surface area contributed by atoms with Crippen molar-refractivity contribution in [2.45, 2.75) is 25.9 Å². The SMILES string of the molecule is C[C@@H](Cc1ccc2ccccc2c1)NC(=O)c1ccc(=O)n(Cc2ccccc2)n1. The van der Waals surface area contributed by atoms with Crippen LogP contribution in [0.4, 0.5) is 0 Å². The molecule has 30 heavy (non-hydrogen) atoms. The van der Waals surface area contributed by atoms with Gasteiger partial charge in [-0.05, 0) is 41.3 Å². The fourth-order valence-electron chi connectivity index (χ4n) is 3.51. The molecule has 5 nitrogen and oxygen atoms in total. The summed E-state index contributed by atoms with van der Waals surface area (Å²) in [6.07, 6.45) is 0.709. The van der Waals surface area contributed by atoms with Crippen LogP contribution in [0.1, 0.15) is 28.5 Å². The highest BCUT2D eigenvalue weighted by Crippen LogP contribution is 2.16. The van der Waals surface area contributed by atoms with Crippen LogP contribution in [-0.4, -0.2) is 21.7 Å². The maximum atomic E-state index is 12.7. The van der Waals surface area contributed by atoms with Crippen LogP contribution in [0.5, 0.6) is 0 Å². The second-order valence-electron chi connectivity index (χ2n) is 7.46. The van der Waals surface area contributed by atoms with Gasteiger partial charge in [0.25, 0.3) is 11.5 Å². The summed E-state index contributed by atoms with van der Waals surface area (Å²) in [5.41, 5.74) is 2.10. The van der Waals surface area contributed by atoms with Crippen molar-refractivity contribution in [3.8, 4) is 0 Å². The van der Waals surface area contributed by atoms with Crippen molar-refractivity contribution in [3.63, 3.8) is 0 Å². The Morgan fingerprint density at radius 3 is 2.43 bits per heavy atom. The average molecular weight is 397 g/mol. The lowest BCUT2D eigenvalue weighted by Crippen LogP contribution is -2.36. The van der Waals surface area contributed by atoms with Gasteiger partial charge in [0.05, 0.1) is 6.54 Å². The number of aromatic nitrogens is 2. The van der Waals surface area contributed by atoms with Crippen LogP contribution in [0, 0.1) is 0 Å². The van der Waals surface area contributed by atoms with Crippen LogP contribution in [-0.2, 0) is 13.0 Å². The maximum absolute atomic E-state index is 12.7. The predicted octanol–water partition coefficient (Wildman–Crippen LogP) is 3.81. The number of hydrogen-bond acceptors (Lipinski definition) is 3. The number of nitrogens with zero attached hydrogens (tertiary/aromatic N) is 2. The molecule has 1 heterocycles. The minimum absolute atomic E-state index is 0.0741. The predicted molar refractivity (Wildman–Crippen MR) is 119 cm³/mol. The Hall–Kier alpha value is -3.73. The van der Waals surface area contributed by atoms with E-state index in [2.05, 4.69) is 40.7 Å². The molecule has 0 radical (unpaired) electrons. The molecule has 5 heteroatoms. The lowest BCUT2D eigenvalue weighted by Gasteiger charge is -2.15. The highest BCUT2D eigenvalue weighted by atomic mass is 16.2. The molecule has 1 aromatic heterocycles. The summed E-state index contributed by atoms with van der Waals surface area (Å²) in [5, 5.41) is 9.63. The molecule has 4 rings (SSSR count). The Balaban J connectivity index is 1.44. The molecule has 4 aromatic rings. The normalized spacial score (nSPS) is 11.9. The van der Waals surface area contributed by atoms with E-state index in [1.807, 2.05) is 49.4 Å². The lowest BCUT2D eigenvalue weighted by atomic mass is 10.0. The van der Waals surface area contributed by atoms with Gasteiger partial charge in [0.15, 0.2) is 0 Å². The van der Waals surface area contributed by atoms with Gasteiger partial charge >= 0.3 is 0 Å². The molecule has 0 spiro atoms. The van der Waals surface area contributed by atoms with Crippen LogP contribution in [0.15, 0.2) is 89.7 Å². The third-order valence-corrected chi connectivity index (χ3v) is 5.01. The molecule has 0 saturated heterocycles. The van der Waals surface area contributed by atoms with Gasteiger partial charge in [0, 0.05) is 12.1 Å². The summed E-state index contributed by atoms with van der Waals surface area (Å²) in [5.74, 6) is -0.287. The summed E-state index contributed by atoms with van der Waals surface area (Å²) in [4.78, 5) is 24.8. The highest BCUT2D eigenvalue weighted by Gasteiger charge is 2.13. The third kappa shape index (κ3) is 4.63. The fraction of sp³-hybridized carbons (Fsp3) is 0.160. The van der Waals surface area contributed by atoms with Crippen molar-refractivity contribution in [2.75, 3.05) is 0 Å². The number of nitrogens with one attached hydrogen (secondary N) is 1. The van der Waals surface area contributed by atoms with Crippen LogP contribution in [0.2, 0.25) is 0 Å². The molecule has 0 aliphatic carbocycles. The van der Waals surface area contributed by atoms with Gasteiger partial charge in [-0.25, -0.2) is 4.68 Å². The Bertz CT molecular complexity index is 1230. The molecule has 0 fully saturated rings. The van der Waals surface area contributed by atoms with Crippen LogP contribution < -0.4 is 10.9 Å². The van der Waals surface area contributed by atoms with Crippen LogP contribution in [0.3, 0.4) is 0 Å². The molecule has 0 unspecified atom stereocenters. The Morgan fingerprint density at radius 2 is 1.63 bits per heavy atom. The number of amides is 1. The van der Waals surface area contributed by atoms with Crippen molar-refractivity contribution in [2.24, 2.45) is 0 Å². The first kappa shape index (κ1) is 19.6. The summed E-state index contributed by atoms with van der Waals surface area (Å²) in [6.45, 7) is 2.29. The second-order valence-corrected chi connectivity index (χ2v) is 7.46. The topological polar surface area (TPSA) is 64.0 Å². The number of carbonyl (C=O) groups excluding carboxylic acids is 1. The molecule has 0 bridgehead atoms. The summed E-state index contributed by atoms with van der Waals surface area (Å²) in [6, 6.07) is 26.9. The molecular formula is C25H23N3O2. The van der Waals surface area contributed by atoms with E-state index in [1.165, 1.54) is 27.6 Å². The van der Waals surface area contributed by atoms with E-state index in [0.717, 1.165) is 11.1 Å². The fourth-order valence-corrected chi connectivity index (χ4v) is 3.51. The van der Waals surface area contributed by atoms with Crippen LogP contribution in [0.25, 0.3) is 10.8 Å². The molecule has 1 N–H and O–H groups in total. The van der Waals surface area contributed by atoms with Crippen molar-refractivity contribution in [1.82, 2.24) is 15.1 Å². The monoisotopic (exact) mass is 397 g/mol. The average Bonchev–Trinajstić information content (AvgIpc) is 2.76. The van der Waals surface area contributed by atoms with Crippen molar-refractivity contribution >= 4 is 16.7 Å². The van der Waals surface area contributed by atoms with Crippen molar-refractivity contribution < 1.29 is 4.79 Å². The number of benzene rings is 3. The van der Waals surface area contributed by atoms with Gasteiger partial charge < -0.3 is 5.32 Å². The molecule has 0 aliphatic rings. The number of fused-ring (bicyclic) bond motifs is 1. The van der Waals surface area contributed by atoms with E-state index in [-0.39, 0.29) is 23.2 Å². The van der Waals surface area contributed by atoms with E-state index in [0.29, 0.717) is 13.0 Å². The first-order valence-corrected chi connectivity index (χ1v) is 9.99. The van der Waals surface area contributed by atoms with Gasteiger partial charge in [0.2, 0.25) is 0 Å². The van der Waals surface area contributed by atoms with Gasteiger partial charge in [-0.15, -0.1) is 0 Å². The minimum atomic E-state index is -0.287. The zero-order valence-corrected chi connectivity index (χ0v) is 16.8. The van der Waals surface area contributed by atoms with E-state index in [4.69, 9.17) is 0 Å². The third-order valence-electron chi connectivity index (χ3n) is 5.01. The summed E-state index contributed by atoms with van der Waals surface area (Å²) >= 11 is 0. The second kappa shape index (κ2) is 8.74. The van der Waals surface area contributed by atoms with Gasteiger partial charge in [0.1, 0.15) is 5.69 Å². The van der Waals surface area contributed by atoms with E-state index < -0.39 is 0 Å². The van der Waals surface area contributed by atoms with Gasteiger partial charge in [-0.2, -0.15) is 5.10 Å². The largest absolute Gasteiger partial charge is 0.348 e. The lowest BCUT2D eigenvalue weighted by molar-refractivity contribution is 0.0932. The Morgan fingerprint density at radius 1 is 0.900 bits per heavy atom. The Kier molecular flexibility index (Phi) is 5.70. The van der Waals surface area contributed by atoms with Crippen molar-refractivity contribution in [1.29, 1.82) is 0 Å². The molecule has 3 aromatic carbocycles. The molecule has 0 aliphatic heterocycles. The van der Waals surface area contributed by atoms with Crippen molar-refractivity contribution in [3.05, 3.63) is 112 Å². The molecule has 0 saturated carbocycles. The van der Waals surface area contributed by atoms with Gasteiger partial charge in [-0.3, -0.25) is 9.59 Å². The standard InChI is InChI=1S/C25H23N3O2/c1-18(15-20-11-12-21-9-5-6-10-22(21)16-20)26-25(30)23-13-14-24(29)28(27-23)17-19-7-3-2-4-8-19/h2-14,16,18H,15,17H2,1H3,(H,26,30)/t18-/m0/s1. The first-order valence-electron chi connectivity index (χ1n) is 9.99. The number of carbonyl (C=O) groups is 1. The first-order chi connectivity index (χ1) is 14.6. The maximum Gasteiger partial charge on any atom is 0.271 e. The Labute approximate surface area is 175 Å². The molecule has 1 atom stereocenters. The summed E-state index contributed by atoms with van der Waals surface area (Å²) in [7, 11) is 0. The van der Waals surface area contributed by atoms with E-state index >= 15 is 0 Å². The molecule has 1 amide bonds. The molecular weight excluding hydrogens is 374 g/mol. The van der Waals surface area contributed by atoms with E-state index in [1.54, 1.807) is 0 Å². The highest BCUT2D eigenvalue weighted by molar-refractivity contribution is 5.92. The summed E-state index contributed by atoms with van der Waals surface area (Å²) < 4.78 is 1.32. The van der Waals surface area contributed by atoms with Crippen LogP contribution >= 0.6 is 0 Å².